The molecule has 3 aromatic heterocycles. The molecule has 176 valence electrons. The lowest BCUT2D eigenvalue weighted by Gasteiger charge is -2.40. The number of aromatic nitrogens is 4. The molecule has 1 amide bonds. The summed E-state index contributed by atoms with van der Waals surface area (Å²) in [7, 11) is 0. The van der Waals surface area contributed by atoms with Crippen molar-refractivity contribution in [2.75, 3.05) is 24.5 Å². The molecule has 2 aromatic carbocycles. The Balaban J connectivity index is 1.40. The monoisotopic (exact) mass is 474 g/mol. The van der Waals surface area contributed by atoms with Gasteiger partial charge in [-0.25, -0.2) is 18.2 Å². The van der Waals surface area contributed by atoms with Gasteiger partial charge in [0.1, 0.15) is 17.2 Å². The van der Waals surface area contributed by atoms with Crippen LogP contribution in [-0.4, -0.2) is 56.1 Å². The molecule has 0 saturated carbocycles. The predicted octanol–water partition coefficient (Wildman–Crippen LogP) is 4.17. The molecule has 10 heteroatoms. The van der Waals surface area contributed by atoms with E-state index in [1.807, 2.05) is 40.5 Å². The maximum absolute atomic E-state index is 14.3. The van der Waals surface area contributed by atoms with Crippen molar-refractivity contribution in [1.29, 1.82) is 0 Å². The van der Waals surface area contributed by atoms with Crippen molar-refractivity contribution >= 4 is 28.4 Å². The maximum atomic E-state index is 14.3. The van der Waals surface area contributed by atoms with Gasteiger partial charge in [0, 0.05) is 31.1 Å². The van der Waals surface area contributed by atoms with E-state index in [0.29, 0.717) is 36.3 Å². The quantitative estimate of drug-likeness (QED) is 0.391. The van der Waals surface area contributed by atoms with Gasteiger partial charge in [0.15, 0.2) is 11.4 Å². The van der Waals surface area contributed by atoms with Crippen LogP contribution in [0, 0.1) is 11.6 Å². The summed E-state index contributed by atoms with van der Waals surface area (Å²) >= 11 is 0. The molecule has 0 radical (unpaired) electrons. The van der Waals surface area contributed by atoms with Crippen LogP contribution in [0.2, 0.25) is 0 Å². The summed E-state index contributed by atoms with van der Waals surface area (Å²) < 4.78 is 36.0. The molecule has 8 nitrogen and oxygen atoms in total. The molecule has 1 saturated heterocycles. The molecule has 1 aliphatic rings. The van der Waals surface area contributed by atoms with Crippen molar-refractivity contribution in [3.63, 3.8) is 0 Å². The number of carbonyl (C=O) groups is 1. The second-order valence-corrected chi connectivity index (χ2v) is 8.48. The van der Waals surface area contributed by atoms with Crippen LogP contribution in [-0.2, 0) is 0 Å². The van der Waals surface area contributed by atoms with Gasteiger partial charge in [0.25, 0.3) is 5.91 Å². The number of benzene rings is 2. The minimum Gasteiger partial charge on any atom is -0.461 e. The average molecular weight is 474 g/mol. The van der Waals surface area contributed by atoms with Crippen LogP contribution < -0.4 is 4.90 Å². The fourth-order valence-electron chi connectivity index (χ4n) is 4.63. The van der Waals surface area contributed by atoms with Crippen LogP contribution in [0.5, 0.6) is 0 Å². The van der Waals surface area contributed by atoms with E-state index < -0.39 is 23.1 Å². The molecule has 1 aliphatic heterocycles. The van der Waals surface area contributed by atoms with Crippen LogP contribution in [0.3, 0.4) is 0 Å². The fraction of sp³-hybridized carbons (Fsp3) is 0.200. The van der Waals surface area contributed by atoms with Gasteiger partial charge in [-0.2, -0.15) is 0 Å². The number of furan rings is 1. The Hall–Kier alpha value is -4.34. The SMILES string of the molecule is C[C@H]1CN(c2nc3ccccc3c3nnc(-c4ccco4)n23)CCN1C(=O)c1c(F)cccc1F. The molecular formula is C25H20F2N6O2. The highest BCUT2D eigenvalue weighted by Gasteiger charge is 2.33. The van der Waals surface area contributed by atoms with Crippen molar-refractivity contribution in [1.82, 2.24) is 24.5 Å². The van der Waals surface area contributed by atoms with Gasteiger partial charge in [0.05, 0.1) is 11.8 Å². The lowest BCUT2D eigenvalue weighted by molar-refractivity contribution is 0.0663. The second kappa shape index (κ2) is 8.15. The number of carbonyl (C=O) groups excluding carboxylic acids is 1. The topological polar surface area (TPSA) is 79.8 Å². The highest BCUT2D eigenvalue weighted by Crippen LogP contribution is 2.30. The average Bonchev–Trinajstić information content (AvgIpc) is 3.53. The molecule has 0 bridgehead atoms. The van der Waals surface area contributed by atoms with Gasteiger partial charge in [0.2, 0.25) is 11.8 Å². The fourth-order valence-corrected chi connectivity index (χ4v) is 4.63. The number of hydrogen-bond donors (Lipinski definition) is 0. The molecular weight excluding hydrogens is 454 g/mol. The van der Waals surface area contributed by atoms with Crippen molar-refractivity contribution in [3.05, 3.63) is 78.1 Å². The van der Waals surface area contributed by atoms with Gasteiger partial charge in [-0.15, -0.1) is 10.2 Å². The first-order valence-electron chi connectivity index (χ1n) is 11.2. The van der Waals surface area contributed by atoms with Crippen molar-refractivity contribution < 1.29 is 18.0 Å². The van der Waals surface area contributed by atoms with E-state index in [1.165, 1.54) is 11.0 Å². The summed E-state index contributed by atoms with van der Waals surface area (Å²) in [5.41, 5.74) is 0.863. The van der Waals surface area contributed by atoms with Crippen LogP contribution in [0.15, 0.2) is 65.3 Å². The number of amides is 1. The van der Waals surface area contributed by atoms with Crippen LogP contribution in [0.25, 0.3) is 28.1 Å². The minimum atomic E-state index is -0.866. The number of halogens is 2. The summed E-state index contributed by atoms with van der Waals surface area (Å²) in [5, 5.41) is 9.63. The number of para-hydroxylation sites is 1. The Morgan fingerprint density at radius 3 is 2.54 bits per heavy atom. The van der Waals surface area contributed by atoms with E-state index in [-0.39, 0.29) is 12.6 Å². The summed E-state index contributed by atoms with van der Waals surface area (Å²) in [6.45, 7) is 2.92. The van der Waals surface area contributed by atoms with E-state index in [2.05, 4.69) is 10.2 Å². The molecule has 5 aromatic rings. The van der Waals surface area contributed by atoms with E-state index in [9.17, 15) is 13.6 Å². The van der Waals surface area contributed by atoms with Crippen LogP contribution in [0.4, 0.5) is 14.7 Å². The first-order chi connectivity index (χ1) is 17.0. The summed E-state index contributed by atoms with van der Waals surface area (Å²) in [4.78, 5) is 21.5. The highest BCUT2D eigenvalue weighted by molar-refractivity contribution is 5.95. The molecule has 0 spiro atoms. The second-order valence-electron chi connectivity index (χ2n) is 8.48. The van der Waals surface area contributed by atoms with Crippen molar-refractivity contribution in [3.8, 4) is 11.6 Å². The third kappa shape index (κ3) is 3.40. The van der Waals surface area contributed by atoms with Gasteiger partial charge < -0.3 is 14.2 Å². The Bertz CT molecular complexity index is 1550. The molecule has 1 atom stereocenters. The smallest absolute Gasteiger partial charge is 0.260 e. The summed E-state index contributed by atoms with van der Waals surface area (Å²) in [5.74, 6) is -0.730. The van der Waals surface area contributed by atoms with Crippen LogP contribution in [0.1, 0.15) is 17.3 Å². The zero-order valence-corrected chi connectivity index (χ0v) is 18.7. The maximum Gasteiger partial charge on any atom is 0.260 e. The Labute approximate surface area is 198 Å². The number of rotatable bonds is 3. The normalized spacial score (nSPS) is 16.4. The largest absolute Gasteiger partial charge is 0.461 e. The van der Waals surface area contributed by atoms with E-state index in [4.69, 9.17) is 9.40 Å². The lowest BCUT2D eigenvalue weighted by atomic mass is 10.1. The van der Waals surface area contributed by atoms with Crippen LogP contribution >= 0.6 is 0 Å². The molecule has 0 N–H and O–H groups in total. The minimum absolute atomic E-state index is 0.266. The molecule has 0 unspecified atom stereocenters. The third-order valence-electron chi connectivity index (χ3n) is 6.32. The molecule has 35 heavy (non-hydrogen) atoms. The predicted molar refractivity (Wildman–Crippen MR) is 125 cm³/mol. The van der Waals surface area contributed by atoms with E-state index in [1.54, 1.807) is 18.4 Å². The third-order valence-corrected chi connectivity index (χ3v) is 6.32. The molecule has 6 rings (SSSR count). The zero-order valence-electron chi connectivity index (χ0n) is 18.7. The van der Waals surface area contributed by atoms with E-state index in [0.717, 1.165) is 23.0 Å². The van der Waals surface area contributed by atoms with Gasteiger partial charge >= 0.3 is 0 Å². The first-order valence-corrected chi connectivity index (χ1v) is 11.2. The van der Waals surface area contributed by atoms with Crippen molar-refractivity contribution in [2.24, 2.45) is 0 Å². The Morgan fingerprint density at radius 1 is 1.00 bits per heavy atom. The van der Waals surface area contributed by atoms with Gasteiger partial charge in [-0.05, 0) is 43.3 Å². The Morgan fingerprint density at radius 2 is 1.80 bits per heavy atom. The Kier molecular flexibility index (Phi) is 4.94. The first kappa shape index (κ1) is 21.2. The lowest BCUT2D eigenvalue weighted by Crippen LogP contribution is -2.55. The number of nitrogens with zero attached hydrogens (tertiary/aromatic N) is 6. The molecule has 1 fully saturated rings. The number of piperazine rings is 1. The highest BCUT2D eigenvalue weighted by atomic mass is 19.1. The standard InChI is InChI=1S/C25H20F2N6O2/c1-15-14-31(11-12-32(15)24(34)21-17(26)7-4-8-18(21)27)25-28-19-9-3-2-6-16(19)22-29-30-23(33(22)25)20-10-5-13-35-20/h2-10,13,15H,11-12,14H2,1H3/t15-/m0/s1. The van der Waals surface area contributed by atoms with Gasteiger partial charge in [-0.3, -0.25) is 4.79 Å². The molecule has 4 heterocycles. The summed E-state index contributed by atoms with van der Waals surface area (Å²) in [6, 6.07) is 14.3. The number of anilines is 1. The van der Waals surface area contributed by atoms with E-state index >= 15 is 0 Å². The number of hydrogen-bond acceptors (Lipinski definition) is 6. The number of fused-ring (bicyclic) bond motifs is 3. The zero-order chi connectivity index (χ0) is 24.1. The van der Waals surface area contributed by atoms with Crippen molar-refractivity contribution in [2.45, 2.75) is 13.0 Å². The summed E-state index contributed by atoms with van der Waals surface area (Å²) in [6.07, 6.45) is 1.57. The molecule has 0 aliphatic carbocycles. The van der Waals surface area contributed by atoms with Gasteiger partial charge in [-0.1, -0.05) is 18.2 Å².